The van der Waals surface area contributed by atoms with Crippen LogP contribution in [0.4, 0.5) is 0 Å². The zero-order valence-electron chi connectivity index (χ0n) is 12.1. The molecule has 0 fully saturated rings. The smallest absolute Gasteiger partial charge is 0.118 e. The highest BCUT2D eigenvalue weighted by atomic mass is 32.1. The van der Waals surface area contributed by atoms with E-state index in [0.717, 1.165) is 18.0 Å². The van der Waals surface area contributed by atoms with Crippen molar-refractivity contribution in [1.82, 2.24) is 9.88 Å². The van der Waals surface area contributed by atoms with Gasteiger partial charge in [0.15, 0.2) is 0 Å². The minimum absolute atomic E-state index is 0.0343. The van der Waals surface area contributed by atoms with E-state index in [9.17, 15) is 0 Å². The monoisotopic (exact) mass is 291 g/mol. The predicted octanol–water partition coefficient (Wildman–Crippen LogP) is 2.67. The molecule has 1 aromatic heterocycles. The molecule has 0 amide bonds. The molecule has 1 heterocycles. The lowest BCUT2D eigenvalue weighted by Crippen LogP contribution is -2.37. The van der Waals surface area contributed by atoms with E-state index in [2.05, 4.69) is 34.4 Å². The van der Waals surface area contributed by atoms with Crippen LogP contribution in [0, 0.1) is 0 Å². The summed E-state index contributed by atoms with van der Waals surface area (Å²) in [6.45, 7) is 2.83. The third-order valence-corrected chi connectivity index (χ3v) is 3.96. The van der Waals surface area contributed by atoms with Crippen molar-refractivity contribution in [2.45, 2.75) is 25.6 Å². The number of nitrogens with two attached hydrogens (primary N) is 1. The van der Waals surface area contributed by atoms with Crippen LogP contribution < -0.4 is 10.5 Å². The normalized spacial score (nSPS) is 14.2. The van der Waals surface area contributed by atoms with E-state index in [1.54, 1.807) is 18.4 Å². The Balaban J connectivity index is 2.16. The second kappa shape index (κ2) is 6.83. The summed E-state index contributed by atoms with van der Waals surface area (Å²) in [6, 6.07) is 8.28. The first-order valence-electron chi connectivity index (χ1n) is 6.58. The molecule has 5 heteroatoms. The Morgan fingerprint density at radius 3 is 2.55 bits per heavy atom. The Morgan fingerprint density at radius 1 is 1.35 bits per heavy atom. The molecule has 0 aliphatic heterocycles. The first-order chi connectivity index (χ1) is 9.61. The van der Waals surface area contributed by atoms with Crippen LogP contribution in [0.3, 0.4) is 0 Å². The molecule has 0 aliphatic rings. The number of methoxy groups -OCH3 is 1. The van der Waals surface area contributed by atoms with E-state index >= 15 is 0 Å². The van der Waals surface area contributed by atoms with Crippen molar-refractivity contribution in [3.05, 3.63) is 46.4 Å². The van der Waals surface area contributed by atoms with Crippen LogP contribution in [0.2, 0.25) is 0 Å². The van der Waals surface area contributed by atoms with Crippen LogP contribution in [-0.4, -0.2) is 30.1 Å². The number of nitrogens with zero attached hydrogens (tertiary/aromatic N) is 2. The molecule has 0 saturated heterocycles. The molecule has 2 unspecified atom stereocenters. The van der Waals surface area contributed by atoms with Gasteiger partial charge in [-0.15, -0.1) is 11.3 Å². The van der Waals surface area contributed by atoms with Crippen LogP contribution in [0.25, 0.3) is 0 Å². The van der Waals surface area contributed by atoms with Gasteiger partial charge in [-0.1, -0.05) is 12.1 Å². The van der Waals surface area contributed by atoms with Gasteiger partial charge in [-0.05, 0) is 31.7 Å². The highest BCUT2D eigenvalue weighted by molar-refractivity contribution is 7.07. The lowest BCUT2D eigenvalue weighted by molar-refractivity contribution is 0.209. The van der Waals surface area contributed by atoms with Gasteiger partial charge >= 0.3 is 0 Å². The maximum absolute atomic E-state index is 6.18. The molecule has 2 atom stereocenters. The van der Waals surface area contributed by atoms with Crippen LogP contribution in [0.15, 0.2) is 35.2 Å². The summed E-state index contributed by atoms with van der Waals surface area (Å²) in [6.07, 6.45) is 0. The standard InChI is InChI=1S/C15H21N3OS/c1-11(16)15(12-4-6-14(19-3)7-5-12)18(2)8-13-9-20-10-17-13/h4-7,9-11,15H,8,16H2,1-3H3. The molecule has 2 N–H and O–H groups in total. The van der Waals surface area contributed by atoms with Gasteiger partial charge in [-0.25, -0.2) is 4.98 Å². The van der Waals surface area contributed by atoms with Crippen LogP contribution in [0.5, 0.6) is 5.75 Å². The molecule has 0 saturated carbocycles. The number of likely N-dealkylation sites (N-methyl/N-ethyl adjacent to an activating group) is 1. The number of thiazole rings is 1. The molecular formula is C15H21N3OS. The Kier molecular flexibility index (Phi) is 5.11. The molecule has 20 heavy (non-hydrogen) atoms. The van der Waals surface area contributed by atoms with Gasteiger partial charge in [-0.2, -0.15) is 0 Å². The Hall–Kier alpha value is -1.43. The lowest BCUT2D eigenvalue weighted by atomic mass is 9.99. The van der Waals surface area contributed by atoms with E-state index in [1.165, 1.54) is 5.56 Å². The first kappa shape index (κ1) is 15.0. The summed E-state index contributed by atoms with van der Waals surface area (Å²) < 4.78 is 5.20. The zero-order valence-corrected chi connectivity index (χ0v) is 12.9. The van der Waals surface area contributed by atoms with E-state index in [1.807, 2.05) is 24.6 Å². The van der Waals surface area contributed by atoms with Crippen molar-refractivity contribution in [1.29, 1.82) is 0 Å². The average Bonchev–Trinajstić information content (AvgIpc) is 2.92. The summed E-state index contributed by atoms with van der Waals surface area (Å²) in [4.78, 5) is 6.57. The van der Waals surface area contributed by atoms with Gasteiger partial charge in [0.05, 0.1) is 18.3 Å². The number of ether oxygens (including phenoxy) is 1. The van der Waals surface area contributed by atoms with Gasteiger partial charge in [0.1, 0.15) is 5.75 Å². The van der Waals surface area contributed by atoms with Gasteiger partial charge in [0.2, 0.25) is 0 Å². The highest BCUT2D eigenvalue weighted by Gasteiger charge is 2.21. The average molecular weight is 291 g/mol. The molecular weight excluding hydrogens is 270 g/mol. The van der Waals surface area contributed by atoms with Gasteiger partial charge < -0.3 is 10.5 Å². The number of hydrogen-bond acceptors (Lipinski definition) is 5. The van der Waals surface area contributed by atoms with Crippen LogP contribution in [0.1, 0.15) is 24.2 Å². The molecule has 1 aromatic carbocycles. The fourth-order valence-electron chi connectivity index (χ4n) is 2.43. The molecule has 4 nitrogen and oxygen atoms in total. The molecule has 108 valence electrons. The van der Waals surface area contributed by atoms with Crippen molar-refractivity contribution >= 4 is 11.3 Å². The summed E-state index contributed by atoms with van der Waals surface area (Å²) in [5, 5.41) is 2.07. The molecule has 0 bridgehead atoms. The Bertz CT molecular complexity index is 510. The number of aromatic nitrogens is 1. The minimum atomic E-state index is 0.0343. The Labute approximate surface area is 124 Å². The summed E-state index contributed by atoms with van der Waals surface area (Å²) in [5.74, 6) is 0.860. The van der Waals surface area contributed by atoms with E-state index in [0.29, 0.717) is 0 Å². The maximum Gasteiger partial charge on any atom is 0.118 e. The first-order valence-corrected chi connectivity index (χ1v) is 7.53. The lowest BCUT2D eigenvalue weighted by Gasteiger charge is -2.31. The number of hydrogen-bond donors (Lipinski definition) is 1. The predicted molar refractivity (Wildman–Crippen MR) is 83.0 cm³/mol. The van der Waals surface area contributed by atoms with Crippen molar-refractivity contribution in [3.8, 4) is 5.75 Å². The van der Waals surface area contributed by atoms with Gasteiger partial charge in [0.25, 0.3) is 0 Å². The van der Waals surface area contributed by atoms with E-state index < -0.39 is 0 Å². The fraction of sp³-hybridized carbons (Fsp3) is 0.400. The third kappa shape index (κ3) is 3.56. The topological polar surface area (TPSA) is 51.4 Å². The van der Waals surface area contributed by atoms with Crippen LogP contribution >= 0.6 is 11.3 Å². The quantitative estimate of drug-likeness (QED) is 0.889. The fourth-order valence-corrected chi connectivity index (χ4v) is 2.98. The zero-order chi connectivity index (χ0) is 14.5. The summed E-state index contributed by atoms with van der Waals surface area (Å²) >= 11 is 1.62. The molecule has 0 radical (unpaired) electrons. The number of benzene rings is 1. The van der Waals surface area contributed by atoms with Gasteiger partial charge in [-0.3, -0.25) is 4.90 Å². The molecule has 2 rings (SSSR count). The van der Waals surface area contributed by atoms with Gasteiger partial charge in [0, 0.05) is 24.0 Å². The van der Waals surface area contributed by atoms with Crippen LogP contribution in [-0.2, 0) is 6.54 Å². The summed E-state index contributed by atoms with van der Waals surface area (Å²) in [7, 11) is 3.75. The highest BCUT2D eigenvalue weighted by Crippen LogP contribution is 2.25. The minimum Gasteiger partial charge on any atom is -0.497 e. The molecule has 0 aliphatic carbocycles. The Morgan fingerprint density at radius 2 is 2.05 bits per heavy atom. The maximum atomic E-state index is 6.18. The second-order valence-corrected chi connectivity index (χ2v) is 5.69. The largest absolute Gasteiger partial charge is 0.497 e. The van der Waals surface area contributed by atoms with E-state index in [4.69, 9.17) is 10.5 Å². The van der Waals surface area contributed by atoms with E-state index in [-0.39, 0.29) is 12.1 Å². The second-order valence-electron chi connectivity index (χ2n) is 4.97. The molecule has 0 spiro atoms. The van der Waals surface area contributed by atoms with Crippen molar-refractivity contribution in [3.63, 3.8) is 0 Å². The SMILES string of the molecule is COc1ccc(C(C(C)N)N(C)Cc2cscn2)cc1. The van der Waals surface area contributed by atoms with Crippen molar-refractivity contribution in [2.24, 2.45) is 5.73 Å². The van der Waals surface area contributed by atoms with Crippen molar-refractivity contribution < 1.29 is 4.74 Å². The number of rotatable bonds is 6. The third-order valence-electron chi connectivity index (χ3n) is 3.33. The summed E-state index contributed by atoms with van der Waals surface area (Å²) in [5.41, 5.74) is 10.3. The molecule has 2 aromatic rings. The van der Waals surface area contributed by atoms with Crippen molar-refractivity contribution in [2.75, 3.05) is 14.2 Å².